The molecule has 4 nitrogen and oxygen atoms in total. The van der Waals surface area contributed by atoms with E-state index in [0.717, 1.165) is 24.9 Å². The minimum absolute atomic E-state index is 0.0282. The molecule has 1 aliphatic rings. The van der Waals surface area contributed by atoms with Crippen LogP contribution in [0.5, 0.6) is 0 Å². The van der Waals surface area contributed by atoms with Gasteiger partial charge in [-0.05, 0) is 37.1 Å². The van der Waals surface area contributed by atoms with Gasteiger partial charge in [-0.25, -0.2) is 4.39 Å². The van der Waals surface area contributed by atoms with E-state index >= 15 is 0 Å². The van der Waals surface area contributed by atoms with E-state index in [1.807, 2.05) is 12.1 Å². The number of halogens is 1. The molecule has 2 rings (SSSR count). The lowest BCUT2D eigenvalue weighted by Crippen LogP contribution is -2.43. The third-order valence-corrected chi connectivity index (χ3v) is 3.83. The van der Waals surface area contributed by atoms with E-state index in [1.54, 1.807) is 13.1 Å². The largest absolute Gasteiger partial charge is 0.332 e. The van der Waals surface area contributed by atoms with Crippen molar-refractivity contribution >= 4 is 5.91 Å². The predicted octanol–water partition coefficient (Wildman–Crippen LogP) is 2.02. The fourth-order valence-corrected chi connectivity index (χ4v) is 2.79. The van der Waals surface area contributed by atoms with E-state index in [-0.39, 0.29) is 24.2 Å². The zero-order chi connectivity index (χ0) is 15.2. The van der Waals surface area contributed by atoms with Gasteiger partial charge in [0.15, 0.2) is 0 Å². The summed E-state index contributed by atoms with van der Waals surface area (Å²) in [6.45, 7) is 2.37. The molecule has 1 saturated heterocycles. The topological polar surface area (TPSA) is 47.3 Å². The third-order valence-electron chi connectivity index (χ3n) is 3.83. The van der Waals surface area contributed by atoms with Gasteiger partial charge in [0, 0.05) is 20.1 Å². The highest BCUT2D eigenvalue weighted by atomic mass is 19.1. The standard InChI is InChI=1S/C16H20FN3O/c1-19(9-7-18)16(21)14-5-3-8-20(12-14)11-13-4-2-6-15(17)10-13/h2,4,6,10,14H,3,5,8-9,11-12H2,1H3. The number of benzene rings is 1. The lowest BCUT2D eigenvalue weighted by Gasteiger charge is -2.33. The summed E-state index contributed by atoms with van der Waals surface area (Å²) in [4.78, 5) is 15.9. The van der Waals surface area contributed by atoms with Crippen molar-refractivity contribution in [2.75, 3.05) is 26.7 Å². The van der Waals surface area contributed by atoms with Crippen molar-refractivity contribution in [3.63, 3.8) is 0 Å². The summed E-state index contributed by atoms with van der Waals surface area (Å²) >= 11 is 0. The van der Waals surface area contributed by atoms with E-state index in [1.165, 1.54) is 17.0 Å². The van der Waals surface area contributed by atoms with Crippen molar-refractivity contribution in [1.82, 2.24) is 9.80 Å². The first-order valence-electron chi connectivity index (χ1n) is 7.19. The molecule has 1 aromatic rings. The fourth-order valence-electron chi connectivity index (χ4n) is 2.79. The minimum atomic E-state index is -0.231. The molecule has 5 heteroatoms. The number of rotatable bonds is 4. The lowest BCUT2D eigenvalue weighted by molar-refractivity contribution is -0.135. The number of hydrogen-bond donors (Lipinski definition) is 0. The second-order valence-corrected chi connectivity index (χ2v) is 5.56. The van der Waals surface area contributed by atoms with Crippen LogP contribution in [0.25, 0.3) is 0 Å². The van der Waals surface area contributed by atoms with Crippen LogP contribution >= 0.6 is 0 Å². The Morgan fingerprint density at radius 1 is 1.57 bits per heavy atom. The van der Waals surface area contributed by atoms with Gasteiger partial charge in [-0.15, -0.1) is 0 Å². The third kappa shape index (κ3) is 4.27. The highest BCUT2D eigenvalue weighted by Gasteiger charge is 2.27. The second-order valence-electron chi connectivity index (χ2n) is 5.56. The molecule has 1 fully saturated rings. The Hall–Kier alpha value is -1.93. The first-order valence-corrected chi connectivity index (χ1v) is 7.19. The summed E-state index contributed by atoms with van der Waals surface area (Å²) in [5.41, 5.74) is 0.925. The molecule has 0 aliphatic carbocycles. The maximum Gasteiger partial charge on any atom is 0.227 e. The van der Waals surface area contributed by atoms with E-state index < -0.39 is 0 Å². The smallest absolute Gasteiger partial charge is 0.227 e. The molecular weight excluding hydrogens is 269 g/mol. The minimum Gasteiger partial charge on any atom is -0.332 e. The predicted molar refractivity (Wildman–Crippen MR) is 77.7 cm³/mol. The molecule has 0 radical (unpaired) electrons. The van der Waals surface area contributed by atoms with Crippen LogP contribution < -0.4 is 0 Å². The molecule has 112 valence electrons. The first kappa shape index (κ1) is 15.5. The van der Waals surface area contributed by atoms with Crippen LogP contribution in [0.2, 0.25) is 0 Å². The van der Waals surface area contributed by atoms with Gasteiger partial charge in [0.1, 0.15) is 12.4 Å². The SMILES string of the molecule is CN(CC#N)C(=O)C1CCCN(Cc2cccc(F)c2)C1. The Labute approximate surface area is 124 Å². The number of nitriles is 1. The molecule has 1 amide bonds. The van der Waals surface area contributed by atoms with Crippen LogP contribution in [0.3, 0.4) is 0 Å². The number of carbonyl (C=O) groups excluding carboxylic acids is 1. The average Bonchev–Trinajstić information content (AvgIpc) is 2.47. The molecule has 0 bridgehead atoms. The number of hydrogen-bond acceptors (Lipinski definition) is 3. The van der Waals surface area contributed by atoms with Crippen molar-refractivity contribution in [3.05, 3.63) is 35.6 Å². The van der Waals surface area contributed by atoms with Crippen molar-refractivity contribution < 1.29 is 9.18 Å². The second kappa shape index (κ2) is 7.19. The summed E-state index contributed by atoms with van der Waals surface area (Å²) in [7, 11) is 1.66. The van der Waals surface area contributed by atoms with Crippen LogP contribution in [0.1, 0.15) is 18.4 Å². The number of carbonyl (C=O) groups is 1. The molecule has 1 aliphatic heterocycles. The fraction of sp³-hybridized carbons (Fsp3) is 0.500. The Kier molecular flexibility index (Phi) is 5.29. The van der Waals surface area contributed by atoms with Gasteiger partial charge in [-0.3, -0.25) is 9.69 Å². The monoisotopic (exact) mass is 289 g/mol. The molecule has 21 heavy (non-hydrogen) atoms. The average molecular weight is 289 g/mol. The van der Waals surface area contributed by atoms with Crippen molar-refractivity contribution in [2.45, 2.75) is 19.4 Å². The van der Waals surface area contributed by atoms with E-state index in [4.69, 9.17) is 5.26 Å². The zero-order valence-corrected chi connectivity index (χ0v) is 12.3. The molecule has 0 saturated carbocycles. The van der Waals surface area contributed by atoms with Crippen LogP contribution in [0, 0.1) is 23.1 Å². The van der Waals surface area contributed by atoms with Gasteiger partial charge in [0.2, 0.25) is 5.91 Å². The molecule has 1 heterocycles. The molecule has 1 unspecified atom stereocenters. The Morgan fingerprint density at radius 2 is 2.38 bits per heavy atom. The molecule has 0 N–H and O–H groups in total. The van der Waals surface area contributed by atoms with Gasteiger partial charge in [0.05, 0.1) is 12.0 Å². The zero-order valence-electron chi connectivity index (χ0n) is 12.3. The van der Waals surface area contributed by atoms with Crippen molar-refractivity contribution in [3.8, 4) is 6.07 Å². The highest BCUT2D eigenvalue weighted by Crippen LogP contribution is 2.20. The molecule has 1 aromatic carbocycles. The van der Waals surface area contributed by atoms with E-state index in [0.29, 0.717) is 13.1 Å². The normalized spacial score (nSPS) is 19.0. The van der Waals surface area contributed by atoms with Crippen molar-refractivity contribution in [2.24, 2.45) is 5.92 Å². The number of piperidine rings is 1. The highest BCUT2D eigenvalue weighted by molar-refractivity contribution is 5.79. The summed E-state index contributed by atoms with van der Waals surface area (Å²) in [5.74, 6) is -0.267. The Balaban J connectivity index is 1.94. The first-order chi connectivity index (χ1) is 10.1. The maximum absolute atomic E-state index is 13.2. The van der Waals surface area contributed by atoms with Gasteiger partial charge >= 0.3 is 0 Å². The molecule has 1 atom stereocenters. The maximum atomic E-state index is 13.2. The molecule has 0 spiro atoms. The Bertz CT molecular complexity index is 541. The quantitative estimate of drug-likeness (QED) is 0.797. The van der Waals surface area contributed by atoms with Gasteiger partial charge in [-0.1, -0.05) is 12.1 Å². The molecular formula is C16H20FN3O. The summed E-state index contributed by atoms with van der Waals surface area (Å²) in [5, 5.41) is 8.67. The van der Waals surface area contributed by atoms with Crippen LogP contribution in [-0.2, 0) is 11.3 Å². The van der Waals surface area contributed by atoms with Crippen LogP contribution in [0.4, 0.5) is 4.39 Å². The van der Waals surface area contributed by atoms with Gasteiger partial charge in [-0.2, -0.15) is 5.26 Å². The summed E-state index contributed by atoms with van der Waals surface area (Å²) in [6, 6.07) is 8.57. The number of likely N-dealkylation sites (tertiary alicyclic amines) is 1. The van der Waals surface area contributed by atoms with Gasteiger partial charge < -0.3 is 4.90 Å². The summed E-state index contributed by atoms with van der Waals surface area (Å²) < 4.78 is 13.2. The van der Waals surface area contributed by atoms with Gasteiger partial charge in [0.25, 0.3) is 0 Å². The number of amides is 1. The Morgan fingerprint density at radius 3 is 3.10 bits per heavy atom. The van der Waals surface area contributed by atoms with E-state index in [2.05, 4.69) is 4.90 Å². The van der Waals surface area contributed by atoms with Crippen molar-refractivity contribution in [1.29, 1.82) is 5.26 Å². The molecule has 0 aromatic heterocycles. The summed E-state index contributed by atoms with van der Waals surface area (Å²) in [6.07, 6.45) is 1.81. The lowest BCUT2D eigenvalue weighted by atomic mass is 9.96. The van der Waals surface area contributed by atoms with Crippen LogP contribution in [0.15, 0.2) is 24.3 Å². The number of nitrogens with zero attached hydrogens (tertiary/aromatic N) is 3. The van der Waals surface area contributed by atoms with Crippen LogP contribution in [-0.4, -0.2) is 42.4 Å². The van der Waals surface area contributed by atoms with E-state index in [9.17, 15) is 9.18 Å².